The number of hydrogen-bond acceptors (Lipinski definition) is 4. The summed E-state index contributed by atoms with van der Waals surface area (Å²) in [6.07, 6.45) is 2.37. The van der Waals surface area contributed by atoms with Crippen LogP contribution in [-0.4, -0.2) is 20.0 Å². The highest BCUT2D eigenvalue weighted by atomic mass is 32.2. The van der Waals surface area contributed by atoms with Crippen LogP contribution in [0.2, 0.25) is 0 Å². The first-order valence-corrected chi connectivity index (χ1v) is 7.24. The van der Waals surface area contributed by atoms with Gasteiger partial charge in [0, 0.05) is 5.92 Å². The molecule has 1 aliphatic carbocycles. The van der Waals surface area contributed by atoms with E-state index in [1.54, 1.807) is 0 Å². The quantitative estimate of drug-likeness (QED) is 0.801. The zero-order valence-electron chi connectivity index (χ0n) is 10.7. The molecule has 5 heteroatoms. The van der Waals surface area contributed by atoms with E-state index >= 15 is 0 Å². The van der Waals surface area contributed by atoms with E-state index < -0.39 is 0 Å². The van der Waals surface area contributed by atoms with Crippen molar-refractivity contribution in [1.82, 2.24) is 14.8 Å². The standard InChI is InChI=1S/C14H14N4S/c1-10(9-15)19-14-16-13(11-7-8-11)18(17-14)12-5-3-2-4-6-12/h2-6,10-11H,7-8H2,1H3/t10-/m0/s1. The van der Waals surface area contributed by atoms with Crippen LogP contribution in [0.1, 0.15) is 31.5 Å². The Labute approximate surface area is 116 Å². The molecule has 96 valence electrons. The van der Waals surface area contributed by atoms with Gasteiger partial charge in [0.2, 0.25) is 5.16 Å². The van der Waals surface area contributed by atoms with Gasteiger partial charge >= 0.3 is 0 Å². The van der Waals surface area contributed by atoms with Gasteiger partial charge in [-0.2, -0.15) is 5.26 Å². The molecule has 0 bridgehead atoms. The van der Waals surface area contributed by atoms with Gasteiger partial charge in [-0.25, -0.2) is 9.67 Å². The van der Waals surface area contributed by atoms with E-state index in [1.165, 1.54) is 24.6 Å². The molecule has 1 aromatic carbocycles. The highest BCUT2D eigenvalue weighted by Crippen LogP contribution is 2.40. The van der Waals surface area contributed by atoms with E-state index in [0.717, 1.165) is 11.5 Å². The van der Waals surface area contributed by atoms with E-state index in [-0.39, 0.29) is 5.25 Å². The van der Waals surface area contributed by atoms with Crippen LogP contribution in [0.15, 0.2) is 35.5 Å². The number of rotatable bonds is 4. The van der Waals surface area contributed by atoms with Crippen molar-refractivity contribution in [2.24, 2.45) is 0 Å². The molecule has 1 saturated carbocycles. The molecule has 0 N–H and O–H groups in total. The first-order valence-electron chi connectivity index (χ1n) is 6.36. The second-order valence-corrected chi connectivity index (χ2v) is 5.97. The van der Waals surface area contributed by atoms with Crippen molar-refractivity contribution >= 4 is 11.8 Å². The van der Waals surface area contributed by atoms with Crippen LogP contribution < -0.4 is 0 Å². The fourth-order valence-electron chi connectivity index (χ4n) is 1.90. The lowest BCUT2D eigenvalue weighted by molar-refractivity contribution is 0.782. The van der Waals surface area contributed by atoms with Crippen LogP contribution in [0.5, 0.6) is 0 Å². The Kier molecular flexibility index (Phi) is 3.26. The number of benzene rings is 1. The maximum Gasteiger partial charge on any atom is 0.210 e. The van der Waals surface area contributed by atoms with Crippen LogP contribution in [-0.2, 0) is 0 Å². The SMILES string of the molecule is C[C@@H](C#N)Sc1nc(C2CC2)n(-c2ccccc2)n1. The molecule has 0 saturated heterocycles. The third-order valence-corrected chi connectivity index (χ3v) is 3.86. The Morgan fingerprint density at radius 1 is 1.37 bits per heavy atom. The topological polar surface area (TPSA) is 54.5 Å². The van der Waals surface area contributed by atoms with Crippen molar-refractivity contribution in [2.45, 2.75) is 36.1 Å². The summed E-state index contributed by atoms with van der Waals surface area (Å²) in [6.45, 7) is 1.87. The summed E-state index contributed by atoms with van der Waals surface area (Å²) >= 11 is 1.41. The van der Waals surface area contributed by atoms with Crippen molar-refractivity contribution in [2.75, 3.05) is 0 Å². The predicted molar refractivity (Wildman–Crippen MR) is 74.3 cm³/mol. The van der Waals surface area contributed by atoms with Crippen molar-refractivity contribution in [3.8, 4) is 11.8 Å². The van der Waals surface area contributed by atoms with Crippen LogP contribution in [0.4, 0.5) is 0 Å². The lowest BCUT2D eigenvalue weighted by Gasteiger charge is -2.03. The van der Waals surface area contributed by atoms with Gasteiger partial charge in [-0.05, 0) is 31.9 Å². The predicted octanol–water partition coefficient (Wildman–Crippen LogP) is 3.15. The molecule has 2 aromatic rings. The molecular formula is C14H14N4S. The Bertz CT molecular complexity index is 610. The highest BCUT2D eigenvalue weighted by molar-refractivity contribution is 7.99. The molecule has 4 nitrogen and oxygen atoms in total. The Morgan fingerprint density at radius 2 is 2.11 bits per heavy atom. The first kappa shape index (κ1) is 12.2. The lowest BCUT2D eigenvalue weighted by atomic mass is 10.3. The van der Waals surface area contributed by atoms with Gasteiger partial charge < -0.3 is 0 Å². The number of nitriles is 1. The Morgan fingerprint density at radius 3 is 2.74 bits per heavy atom. The summed E-state index contributed by atoms with van der Waals surface area (Å²) < 4.78 is 1.92. The minimum absolute atomic E-state index is 0.126. The second-order valence-electron chi connectivity index (χ2n) is 4.66. The lowest BCUT2D eigenvalue weighted by Crippen LogP contribution is -2.01. The average molecular weight is 270 g/mol. The van der Waals surface area contributed by atoms with Crippen molar-refractivity contribution in [3.05, 3.63) is 36.2 Å². The molecule has 19 heavy (non-hydrogen) atoms. The summed E-state index contributed by atoms with van der Waals surface area (Å²) in [6, 6.07) is 12.2. The molecular weight excluding hydrogens is 256 g/mol. The monoisotopic (exact) mass is 270 g/mol. The largest absolute Gasteiger partial charge is 0.216 e. The van der Waals surface area contributed by atoms with E-state index in [4.69, 9.17) is 5.26 Å². The van der Waals surface area contributed by atoms with Gasteiger partial charge in [-0.15, -0.1) is 5.10 Å². The summed E-state index contributed by atoms with van der Waals surface area (Å²) in [5, 5.41) is 14.0. The molecule has 0 spiro atoms. The van der Waals surface area contributed by atoms with Crippen molar-refractivity contribution in [3.63, 3.8) is 0 Å². The van der Waals surface area contributed by atoms with E-state index in [0.29, 0.717) is 11.1 Å². The molecule has 0 radical (unpaired) electrons. The molecule has 0 aliphatic heterocycles. The van der Waals surface area contributed by atoms with Crippen LogP contribution in [0, 0.1) is 11.3 Å². The van der Waals surface area contributed by atoms with Gasteiger partial charge in [0.05, 0.1) is 17.0 Å². The second kappa shape index (κ2) is 5.06. The molecule has 3 rings (SSSR count). The molecule has 1 fully saturated rings. The van der Waals surface area contributed by atoms with Gasteiger partial charge in [0.25, 0.3) is 0 Å². The Balaban J connectivity index is 1.96. The van der Waals surface area contributed by atoms with E-state index in [2.05, 4.69) is 16.2 Å². The number of hydrogen-bond donors (Lipinski definition) is 0. The molecule has 1 aliphatic rings. The van der Waals surface area contributed by atoms with Crippen LogP contribution in [0.25, 0.3) is 5.69 Å². The number of thioether (sulfide) groups is 1. The molecule has 1 heterocycles. The van der Waals surface area contributed by atoms with E-state index in [9.17, 15) is 0 Å². The smallest absolute Gasteiger partial charge is 0.210 e. The fourth-order valence-corrected chi connectivity index (χ4v) is 2.55. The third-order valence-electron chi connectivity index (χ3n) is 3.02. The molecule has 1 atom stereocenters. The summed E-state index contributed by atoms with van der Waals surface area (Å²) in [5.74, 6) is 1.55. The number of aromatic nitrogens is 3. The molecule has 0 amide bonds. The van der Waals surface area contributed by atoms with Crippen molar-refractivity contribution < 1.29 is 0 Å². The summed E-state index contributed by atoms with van der Waals surface area (Å²) in [5.41, 5.74) is 1.04. The third kappa shape index (κ3) is 2.64. The van der Waals surface area contributed by atoms with Crippen LogP contribution >= 0.6 is 11.8 Å². The van der Waals surface area contributed by atoms with Crippen LogP contribution in [0.3, 0.4) is 0 Å². The number of para-hydroxylation sites is 1. The number of nitrogens with zero attached hydrogens (tertiary/aromatic N) is 4. The maximum absolute atomic E-state index is 8.88. The molecule has 0 unspecified atom stereocenters. The van der Waals surface area contributed by atoms with Gasteiger partial charge in [-0.3, -0.25) is 0 Å². The van der Waals surface area contributed by atoms with Gasteiger partial charge in [0.1, 0.15) is 5.82 Å². The minimum Gasteiger partial charge on any atom is -0.216 e. The van der Waals surface area contributed by atoms with Gasteiger partial charge in [-0.1, -0.05) is 30.0 Å². The zero-order chi connectivity index (χ0) is 13.2. The zero-order valence-corrected chi connectivity index (χ0v) is 11.5. The first-order chi connectivity index (χ1) is 9.28. The highest BCUT2D eigenvalue weighted by Gasteiger charge is 2.30. The normalized spacial score (nSPS) is 16.0. The Hall–Kier alpha value is -1.80. The molecule has 1 aromatic heterocycles. The maximum atomic E-state index is 8.88. The van der Waals surface area contributed by atoms with Crippen molar-refractivity contribution in [1.29, 1.82) is 5.26 Å². The minimum atomic E-state index is -0.126. The van der Waals surface area contributed by atoms with E-state index in [1.807, 2.05) is 41.9 Å². The summed E-state index contributed by atoms with van der Waals surface area (Å²) in [7, 11) is 0. The fraction of sp³-hybridized carbons (Fsp3) is 0.357. The average Bonchev–Trinajstić information content (AvgIpc) is 3.21. The van der Waals surface area contributed by atoms with Gasteiger partial charge in [0.15, 0.2) is 0 Å². The summed E-state index contributed by atoms with van der Waals surface area (Å²) in [4.78, 5) is 4.60.